The van der Waals surface area contributed by atoms with Crippen LogP contribution < -0.4 is 5.63 Å². The number of nitrogens with zero attached hydrogens (tertiary/aromatic N) is 2. The van der Waals surface area contributed by atoms with Crippen molar-refractivity contribution in [3.05, 3.63) is 191 Å². The Morgan fingerprint density at radius 2 is 1.00 bits per heavy atom. The van der Waals surface area contributed by atoms with E-state index in [0.29, 0.717) is 11.0 Å². The Balaban J connectivity index is 1.13. The van der Waals surface area contributed by atoms with Crippen molar-refractivity contribution in [1.29, 1.82) is 0 Å². The predicted molar refractivity (Wildman–Crippen MR) is 232 cm³/mol. The first kappa shape index (κ1) is 31.2. The molecule has 1 aliphatic carbocycles. The van der Waals surface area contributed by atoms with E-state index in [4.69, 9.17) is 4.42 Å². The Hall–Kier alpha value is -7.17. The molecule has 0 aliphatic heterocycles. The van der Waals surface area contributed by atoms with Gasteiger partial charge in [-0.05, 0) is 112 Å². The van der Waals surface area contributed by atoms with E-state index in [1.807, 2.05) is 42.5 Å². The molecule has 0 N–H and O–H groups in total. The number of hydrogen-bond donors (Lipinski definition) is 0. The maximum Gasteiger partial charge on any atom is 0.344 e. The van der Waals surface area contributed by atoms with Crippen molar-refractivity contribution in [1.82, 2.24) is 9.13 Å². The van der Waals surface area contributed by atoms with E-state index in [2.05, 4.69) is 150 Å². The molecule has 0 radical (unpaired) electrons. The normalized spacial score (nSPS) is 13.4. The molecule has 3 aromatic heterocycles. The number of benzene rings is 8. The zero-order valence-corrected chi connectivity index (χ0v) is 30.9. The summed E-state index contributed by atoms with van der Waals surface area (Å²) in [5.41, 5.74) is 14.3. The van der Waals surface area contributed by atoms with Gasteiger partial charge in [-0.2, -0.15) is 0 Å². The van der Waals surface area contributed by atoms with Crippen LogP contribution in [0.15, 0.2) is 179 Å². The van der Waals surface area contributed by atoms with Crippen LogP contribution in [-0.4, -0.2) is 9.13 Å². The van der Waals surface area contributed by atoms with E-state index < -0.39 is 0 Å². The van der Waals surface area contributed by atoms with Gasteiger partial charge in [-0.25, -0.2) is 4.79 Å². The lowest BCUT2D eigenvalue weighted by molar-refractivity contribution is 0.572. The highest BCUT2D eigenvalue weighted by atomic mass is 16.4. The van der Waals surface area contributed by atoms with Crippen molar-refractivity contribution in [2.45, 2.75) is 19.3 Å². The van der Waals surface area contributed by atoms with Gasteiger partial charge in [-0.3, -0.25) is 0 Å². The maximum atomic E-state index is 13.4. The fourth-order valence-electron chi connectivity index (χ4n) is 9.71. The van der Waals surface area contributed by atoms with Crippen LogP contribution in [0.3, 0.4) is 0 Å². The molecular weight excluding hydrogens is 685 g/mol. The highest BCUT2D eigenvalue weighted by molar-refractivity contribution is 6.21. The van der Waals surface area contributed by atoms with Crippen LogP contribution >= 0.6 is 0 Å². The summed E-state index contributed by atoms with van der Waals surface area (Å²) in [6.45, 7) is 4.70. The van der Waals surface area contributed by atoms with Gasteiger partial charge in [0, 0.05) is 43.7 Å². The van der Waals surface area contributed by atoms with Gasteiger partial charge in [0.05, 0.1) is 27.5 Å². The first-order valence-electron chi connectivity index (χ1n) is 19.2. The molecule has 0 atom stereocenters. The van der Waals surface area contributed by atoms with Gasteiger partial charge in [0.25, 0.3) is 0 Å². The fourth-order valence-corrected chi connectivity index (χ4v) is 9.71. The minimum atomic E-state index is -0.327. The van der Waals surface area contributed by atoms with Gasteiger partial charge in [0.1, 0.15) is 0 Å². The number of aromatic nitrogens is 2. The van der Waals surface area contributed by atoms with E-state index in [0.717, 1.165) is 55.1 Å². The van der Waals surface area contributed by atoms with Crippen molar-refractivity contribution in [2.75, 3.05) is 0 Å². The number of rotatable bonds is 3. The summed E-state index contributed by atoms with van der Waals surface area (Å²) < 4.78 is 10.9. The van der Waals surface area contributed by atoms with E-state index in [1.54, 1.807) is 0 Å². The highest BCUT2D eigenvalue weighted by Gasteiger charge is 2.36. The Labute approximate surface area is 322 Å². The van der Waals surface area contributed by atoms with E-state index >= 15 is 0 Å². The molecule has 264 valence electrons. The third-order valence-corrected chi connectivity index (χ3v) is 12.3. The third kappa shape index (κ3) is 4.16. The molecule has 0 amide bonds. The second kappa shape index (κ2) is 11.2. The third-order valence-electron chi connectivity index (χ3n) is 12.3. The second-order valence-electron chi connectivity index (χ2n) is 15.7. The van der Waals surface area contributed by atoms with E-state index in [-0.39, 0.29) is 11.0 Å². The molecule has 0 unspecified atom stereocenters. The van der Waals surface area contributed by atoms with E-state index in [9.17, 15) is 4.79 Å². The lowest BCUT2D eigenvalue weighted by atomic mass is 9.82. The molecule has 0 spiro atoms. The predicted octanol–water partition coefficient (Wildman–Crippen LogP) is 13.1. The van der Waals surface area contributed by atoms with Gasteiger partial charge < -0.3 is 13.6 Å². The van der Waals surface area contributed by atoms with E-state index in [1.165, 1.54) is 44.1 Å². The summed E-state index contributed by atoms with van der Waals surface area (Å²) in [6.07, 6.45) is 0. The van der Waals surface area contributed by atoms with Crippen LogP contribution in [0.4, 0.5) is 0 Å². The molecule has 0 saturated heterocycles. The summed E-state index contributed by atoms with van der Waals surface area (Å²) in [5.74, 6) is 0. The van der Waals surface area contributed by atoms with Crippen molar-refractivity contribution in [2.24, 2.45) is 0 Å². The summed E-state index contributed by atoms with van der Waals surface area (Å²) in [4.78, 5) is 13.4. The summed E-state index contributed by atoms with van der Waals surface area (Å²) in [5, 5.41) is 7.01. The molecular formula is C52H34N2O2. The fraction of sp³-hybridized carbons (Fsp3) is 0.0577. The quantitative estimate of drug-likeness (QED) is 0.135. The van der Waals surface area contributed by atoms with Gasteiger partial charge in [0.15, 0.2) is 5.58 Å². The SMILES string of the molecule is CC1(C)c2ccccc2-c2cc3c4cc(-c5ccc6c(c5)c5ccc7c8ccccc8c(=O)oc7c5n6-c5ccccc5)ccc4n(-c4ccccc4)c3cc21. The first-order valence-corrected chi connectivity index (χ1v) is 19.2. The first-order chi connectivity index (χ1) is 27.5. The van der Waals surface area contributed by atoms with Gasteiger partial charge in [-0.1, -0.05) is 111 Å². The monoisotopic (exact) mass is 718 g/mol. The van der Waals surface area contributed by atoms with Gasteiger partial charge >= 0.3 is 5.63 Å². The van der Waals surface area contributed by atoms with Gasteiger partial charge in [0.2, 0.25) is 0 Å². The number of para-hydroxylation sites is 2. The Morgan fingerprint density at radius 1 is 0.429 bits per heavy atom. The van der Waals surface area contributed by atoms with Crippen molar-refractivity contribution in [3.63, 3.8) is 0 Å². The molecule has 8 aromatic carbocycles. The van der Waals surface area contributed by atoms with Crippen molar-refractivity contribution < 1.29 is 4.42 Å². The molecule has 56 heavy (non-hydrogen) atoms. The van der Waals surface area contributed by atoms with Crippen LogP contribution in [0.5, 0.6) is 0 Å². The molecule has 0 saturated carbocycles. The molecule has 0 bridgehead atoms. The van der Waals surface area contributed by atoms with Crippen molar-refractivity contribution >= 4 is 65.4 Å². The lowest BCUT2D eigenvalue weighted by Crippen LogP contribution is -2.14. The largest absolute Gasteiger partial charge is 0.420 e. The number of hydrogen-bond acceptors (Lipinski definition) is 2. The average Bonchev–Trinajstić information content (AvgIpc) is 3.83. The van der Waals surface area contributed by atoms with Crippen LogP contribution in [-0.2, 0) is 5.41 Å². The van der Waals surface area contributed by atoms with Crippen LogP contribution in [0.2, 0.25) is 0 Å². The summed E-state index contributed by atoms with van der Waals surface area (Å²) in [7, 11) is 0. The second-order valence-corrected chi connectivity index (χ2v) is 15.7. The minimum absolute atomic E-state index is 0.0987. The molecule has 3 heterocycles. The van der Waals surface area contributed by atoms with Gasteiger partial charge in [-0.15, -0.1) is 0 Å². The minimum Gasteiger partial charge on any atom is -0.420 e. The molecule has 12 rings (SSSR count). The Kier molecular flexibility index (Phi) is 6.23. The number of fused-ring (bicyclic) bond motifs is 13. The molecule has 0 fully saturated rings. The molecule has 4 nitrogen and oxygen atoms in total. The summed E-state index contributed by atoms with van der Waals surface area (Å²) >= 11 is 0. The maximum absolute atomic E-state index is 13.4. The summed E-state index contributed by atoms with van der Waals surface area (Å²) in [6, 6.07) is 60.4. The molecule has 11 aromatic rings. The lowest BCUT2D eigenvalue weighted by Gasteiger charge is -2.21. The standard InChI is InChI=1S/C52H34N2O2/c1-52(2)44-20-12-11-18-36(44)40-29-43-42-28-32(21-25-46(42)53(48(43)30-45(40)52)33-13-5-3-6-14-33)31-22-26-47-41(27-31)37-23-24-38-35-17-9-10-19-39(35)51(55)56-50(38)49(37)54(47)34-15-7-4-8-16-34/h3-30H,1-2H3. The zero-order valence-electron chi connectivity index (χ0n) is 30.9. The van der Waals surface area contributed by atoms with Crippen LogP contribution in [0.25, 0.3) is 99.0 Å². The smallest absolute Gasteiger partial charge is 0.344 e. The van der Waals surface area contributed by atoms with Crippen LogP contribution in [0.1, 0.15) is 25.0 Å². The highest BCUT2D eigenvalue weighted by Crippen LogP contribution is 2.51. The molecule has 1 aliphatic rings. The Bertz CT molecular complexity index is 3510. The van der Waals surface area contributed by atoms with Crippen LogP contribution in [0, 0.1) is 0 Å². The van der Waals surface area contributed by atoms with Crippen molar-refractivity contribution in [3.8, 4) is 33.6 Å². The topological polar surface area (TPSA) is 40.1 Å². The Morgan fingerprint density at radius 3 is 1.73 bits per heavy atom. The zero-order chi connectivity index (χ0) is 37.3. The average molecular weight is 719 g/mol. The molecule has 4 heteroatoms.